The number of nitrogens with one attached hydrogen (secondary N) is 1. The van der Waals surface area contributed by atoms with Crippen LogP contribution in [0.15, 0.2) is 0 Å². The lowest BCUT2D eigenvalue weighted by atomic mass is 10.2. The highest BCUT2D eigenvalue weighted by Gasteiger charge is 2.12. The third kappa shape index (κ3) is 6.81. The van der Waals surface area contributed by atoms with Gasteiger partial charge in [0, 0.05) is 6.54 Å². The van der Waals surface area contributed by atoms with Crippen LogP contribution >= 0.6 is 0 Å². The molecule has 5 N–H and O–H groups in total. The molecule has 0 aliphatic carbocycles. The Labute approximate surface area is 84.1 Å². The summed E-state index contributed by atoms with van der Waals surface area (Å²) in [6.45, 7) is 1.92. The fourth-order valence-corrected chi connectivity index (χ4v) is 1.28. The molecule has 0 spiro atoms. The maximum Gasteiger partial charge on any atom is 0.236 e. The molecule has 0 saturated heterocycles. The second-order valence-electron chi connectivity index (χ2n) is 3.05. The molecule has 0 bridgehead atoms. The summed E-state index contributed by atoms with van der Waals surface area (Å²) in [6.07, 6.45) is 1.39. The Bertz CT molecular complexity index is 276. The molecule has 1 atom stereocenters. The minimum absolute atomic E-state index is 0.00901. The molecule has 0 fully saturated rings. The highest BCUT2D eigenvalue weighted by Crippen LogP contribution is 1.92. The maximum atomic E-state index is 11.1. The fraction of sp³-hybridized carbons (Fsp3) is 0.857. The van der Waals surface area contributed by atoms with E-state index < -0.39 is 16.1 Å². The molecule has 0 rings (SSSR count). The lowest BCUT2D eigenvalue weighted by Crippen LogP contribution is -2.42. The van der Waals surface area contributed by atoms with E-state index in [1.54, 1.807) is 0 Å². The standard InChI is InChI=1S/C7H17N3O3S/c1-2-3-6(8)7(11)10-4-5-14(9,12)13/h6H,2-5,8H2,1H3,(H,10,11)(H2,9,12,13)/t6-/m1/s1. The first-order chi connectivity index (χ1) is 6.37. The van der Waals surface area contributed by atoms with Crippen molar-refractivity contribution in [2.75, 3.05) is 12.3 Å². The van der Waals surface area contributed by atoms with Gasteiger partial charge in [-0.2, -0.15) is 0 Å². The highest BCUT2D eigenvalue weighted by atomic mass is 32.2. The van der Waals surface area contributed by atoms with Crippen molar-refractivity contribution in [3.05, 3.63) is 0 Å². The molecule has 0 heterocycles. The Morgan fingerprint density at radius 3 is 2.50 bits per heavy atom. The predicted molar refractivity (Wildman–Crippen MR) is 53.9 cm³/mol. The first-order valence-electron chi connectivity index (χ1n) is 4.40. The fourth-order valence-electron chi connectivity index (χ4n) is 0.890. The van der Waals surface area contributed by atoms with Crippen molar-refractivity contribution < 1.29 is 13.2 Å². The number of hydrogen-bond donors (Lipinski definition) is 3. The van der Waals surface area contributed by atoms with Crippen molar-refractivity contribution in [2.24, 2.45) is 10.9 Å². The van der Waals surface area contributed by atoms with Crippen LogP contribution in [0, 0.1) is 0 Å². The molecule has 0 aromatic rings. The van der Waals surface area contributed by atoms with Crippen molar-refractivity contribution in [3.63, 3.8) is 0 Å². The molecule has 0 aromatic carbocycles. The number of amides is 1. The molecule has 14 heavy (non-hydrogen) atoms. The van der Waals surface area contributed by atoms with E-state index in [1.807, 2.05) is 6.92 Å². The van der Waals surface area contributed by atoms with Gasteiger partial charge >= 0.3 is 0 Å². The minimum atomic E-state index is -3.51. The van der Waals surface area contributed by atoms with E-state index in [-0.39, 0.29) is 18.2 Å². The lowest BCUT2D eigenvalue weighted by molar-refractivity contribution is -0.122. The van der Waals surface area contributed by atoms with Crippen LogP contribution in [-0.2, 0) is 14.8 Å². The van der Waals surface area contributed by atoms with E-state index in [2.05, 4.69) is 5.32 Å². The molecule has 6 nitrogen and oxygen atoms in total. The van der Waals surface area contributed by atoms with Gasteiger partial charge in [0.2, 0.25) is 15.9 Å². The average Bonchev–Trinajstić information content (AvgIpc) is 2.02. The summed E-state index contributed by atoms with van der Waals surface area (Å²) in [6, 6.07) is -0.569. The van der Waals surface area contributed by atoms with E-state index in [9.17, 15) is 13.2 Å². The summed E-state index contributed by atoms with van der Waals surface area (Å²) in [5, 5.41) is 7.15. The van der Waals surface area contributed by atoms with Crippen LogP contribution in [0.25, 0.3) is 0 Å². The summed E-state index contributed by atoms with van der Waals surface area (Å²) in [7, 11) is -3.51. The van der Waals surface area contributed by atoms with Crippen LogP contribution < -0.4 is 16.2 Å². The van der Waals surface area contributed by atoms with Gasteiger partial charge in [-0.15, -0.1) is 0 Å². The van der Waals surface area contributed by atoms with E-state index in [0.29, 0.717) is 6.42 Å². The number of rotatable bonds is 6. The van der Waals surface area contributed by atoms with Crippen molar-refractivity contribution in [3.8, 4) is 0 Å². The Morgan fingerprint density at radius 1 is 1.50 bits per heavy atom. The number of primary sulfonamides is 1. The van der Waals surface area contributed by atoms with Crippen molar-refractivity contribution in [2.45, 2.75) is 25.8 Å². The van der Waals surface area contributed by atoms with Crippen LogP contribution in [0.3, 0.4) is 0 Å². The first-order valence-corrected chi connectivity index (χ1v) is 6.12. The normalized spacial score (nSPS) is 13.6. The Balaban J connectivity index is 3.75. The first kappa shape index (κ1) is 13.3. The molecule has 7 heteroatoms. The monoisotopic (exact) mass is 223 g/mol. The molecular formula is C7H17N3O3S. The SMILES string of the molecule is CCC[C@@H](N)C(=O)NCCS(N)(=O)=O. The van der Waals surface area contributed by atoms with E-state index in [1.165, 1.54) is 0 Å². The Morgan fingerprint density at radius 2 is 2.07 bits per heavy atom. The van der Waals surface area contributed by atoms with Crippen molar-refractivity contribution in [1.82, 2.24) is 5.32 Å². The summed E-state index contributed by atoms with van der Waals surface area (Å²) < 4.78 is 21.0. The van der Waals surface area contributed by atoms with Gasteiger partial charge < -0.3 is 11.1 Å². The molecule has 0 unspecified atom stereocenters. The summed E-state index contributed by atoms with van der Waals surface area (Å²) in [5.74, 6) is -0.604. The average molecular weight is 223 g/mol. The van der Waals surface area contributed by atoms with Crippen molar-refractivity contribution in [1.29, 1.82) is 0 Å². The lowest BCUT2D eigenvalue weighted by Gasteiger charge is -2.10. The van der Waals surface area contributed by atoms with Crippen molar-refractivity contribution >= 4 is 15.9 Å². The molecule has 0 saturated carbocycles. The minimum Gasteiger partial charge on any atom is -0.354 e. The zero-order chi connectivity index (χ0) is 11.2. The highest BCUT2D eigenvalue weighted by molar-refractivity contribution is 7.89. The number of carbonyl (C=O) groups is 1. The summed E-state index contributed by atoms with van der Waals surface area (Å²) in [4.78, 5) is 11.1. The molecule has 1 amide bonds. The summed E-state index contributed by atoms with van der Waals surface area (Å²) in [5.41, 5.74) is 5.48. The number of nitrogens with two attached hydrogens (primary N) is 2. The quantitative estimate of drug-likeness (QED) is 0.509. The van der Waals surface area contributed by atoms with E-state index in [0.717, 1.165) is 6.42 Å². The van der Waals surface area contributed by atoms with Crippen LogP contribution in [0.2, 0.25) is 0 Å². The number of sulfonamides is 1. The second-order valence-corrected chi connectivity index (χ2v) is 4.79. The molecule has 0 radical (unpaired) electrons. The molecular weight excluding hydrogens is 206 g/mol. The predicted octanol–water partition coefficient (Wildman–Crippen LogP) is -1.48. The molecule has 0 aromatic heterocycles. The van der Waals surface area contributed by atoms with Crippen LogP contribution in [-0.4, -0.2) is 32.7 Å². The van der Waals surface area contributed by atoms with Gasteiger partial charge in [0.25, 0.3) is 0 Å². The van der Waals surface area contributed by atoms with Crippen LogP contribution in [0.4, 0.5) is 0 Å². The van der Waals surface area contributed by atoms with Gasteiger partial charge in [0.05, 0.1) is 11.8 Å². The van der Waals surface area contributed by atoms with Gasteiger partial charge in [0.15, 0.2) is 0 Å². The number of carbonyl (C=O) groups excluding carboxylic acids is 1. The molecule has 0 aliphatic rings. The third-order valence-corrected chi connectivity index (χ3v) is 2.40. The van der Waals surface area contributed by atoms with Gasteiger partial charge in [-0.05, 0) is 6.42 Å². The summed E-state index contributed by atoms with van der Waals surface area (Å²) >= 11 is 0. The Kier molecular flexibility index (Phi) is 5.66. The molecule has 84 valence electrons. The van der Waals surface area contributed by atoms with Gasteiger partial charge in [-0.3, -0.25) is 4.79 Å². The van der Waals surface area contributed by atoms with E-state index >= 15 is 0 Å². The van der Waals surface area contributed by atoms with Crippen LogP contribution in [0.5, 0.6) is 0 Å². The van der Waals surface area contributed by atoms with Gasteiger partial charge in [-0.25, -0.2) is 13.6 Å². The Hall–Kier alpha value is -0.660. The zero-order valence-corrected chi connectivity index (χ0v) is 9.01. The zero-order valence-electron chi connectivity index (χ0n) is 8.19. The van der Waals surface area contributed by atoms with E-state index in [4.69, 9.17) is 10.9 Å². The third-order valence-electron chi connectivity index (χ3n) is 1.62. The van der Waals surface area contributed by atoms with Gasteiger partial charge in [-0.1, -0.05) is 13.3 Å². The smallest absolute Gasteiger partial charge is 0.236 e. The number of hydrogen-bond acceptors (Lipinski definition) is 4. The second kappa shape index (κ2) is 5.94. The van der Waals surface area contributed by atoms with Gasteiger partial charge in [0.1, 0.15) is 0 Å². The maximum absolute atomic E-state index is 11.1. The largest absolute Gasteiger partial charge is 0.354 e. The topological polar surface area (TPSA) is 115 Å². The van der Waals surface area contributed by atoms with Crippen LogP contribution in [0.1, 0.15) is 19.8 Å². The molecule has 0 aliphatic heterocycles.